The van der Waals surface area contributed by atoms with Crippen molar-refractivity contribution in [3.8, 4) is 0 Å². The van der Waals surface area contributed by atoms with Crippen molar-refractivity contribution in [1.82, 2.24) is 0 Å². The van der Waals surface area contributed by atoms with Gasteiger partial charge in [0.2, 0.25) is 0 Å². The van der Waals surface area contributed by atoms with Crippen molar-refractivity contribution in [3.63, 3.8) is 0 Å². The van der Waals surface area contributed by atoms with Crippen LogP contribution in [0.3, 0.4) is 0 Å². The Balaban J connectivity index is 1.41. The van der Waals surface area contributed by atoms with E-state index in [1.807, 2.05) is 91.0 Å². The van der Waals surface area contributed by atoms with Gasteiger partial charge in [0.25, 0.3) is 0 Å². The molecule has 0 amide bonds. The lowest BCUT2D eigenvalue weighted by molar-refractivity contribution is -0.298. The molecule has 4 rings (SSSR count). The van der Waals surface area contributed by atoms with Crippen molar-refractivity contribution in [2.24, 2.45) is 0 Å². The summed E-state index contributed by atoms with van der Waals surface area (Å²) in [7, 11) is 0. The first-order chi connectivity index (χ1) is 16.2. The van der Waals surface area contributed by atoms with E-state index >= 15 is 4.39 Å². The van der Waals surface area contributed by atoms with Crippen LogP contribution in [0.15, 0.2) is 91.0 Å². The van der Waals surface area contributed by atoms with Crippen molar-refractivity contribution in [2.45, 2.75) is 50.6 Å². The minimum absolute atomic E-state index is 0.0102. The Hall–Kier alpha value is -2.61. The molecule has 3 unspecified atom stereocenters. The molecular formula is C27H29FO5. The van der Waals surface area contributed by atoms with Gasteiger partial charge in [-0.15, -0.1) is 0 Å². The predicted molar refractivity (Wildman–Crippen MR) is 122 cm³/mol. The zero-order valence-electron chi connectivity index (χ0n) is 18.3. The molecule has 6 heteroatoms. The van der Waals surface area contributed by atoms with Gasteiger partial charge in [-0.2, -0.15) is 0 Å². The molecule has 0 radical (unpaired) electrons. The lowest BCUT2D eigenvalue weighted by Crippen LogP contribution is -2.58. The molecule has 0 aromatic heterocycles. The van der Waals surface area contributed by atoms with Gasteiger partial charge < -0.3 is 24.1 Å². The summed E-state index contributed by atoms with van der Waals surface area (Å²) in [6.45, 7) is 0.719. The maximum absolute atomic E-state index is 15.6. The number of hydrogen-bond acceptors (Lipinski definition) is 5. The van der Waals surface area contributed by atoms with Crippen molar-refractivity contribution in [3.05, 3.63) is 108 Å². The molecule has 0 aliphatic carbocycles. The quantitative estimate of drug-likeness (QED) is 0.493. The van der Waals surface area contributed by atoms with Crippen LogP contribution in [0.1, 0.15) is 16.7 Å². The molecule has 1 saturated heterocycles. The Morgan fingerprint density at radius 3 is 1.64 bits per heavy atom. The number of aliphatic hydroxyl groups is 1. The smallest absolute Gasteiger partial charge is 0.184 e. The van der Waals surface area contributed by atoms with Crippen LogP contribution in [0.2, 0.25) is 0 Å². The third-order valence-electron chi connectivity index (χ3n) is 5.55. The lowest BCUT2D eigenvalue weighted by atomic mass is 9.99. The maximum Gasteiger partial charge on any atom is 0.184 e. The predicted octanol–water partition coefficient (Wildman–Crippen LogP) is 4.43. The molecule has 5 atom stereocenters. The van der Waals surface area contributed by atoms with Crippen LogP contribution in [0.4, 0.5) is 4.39 Å². The van der Waals surface area contributed by atoms with Gasteiger partial charge in [0.15, 0.2) is 12.5 Å². The molecule has 0 spiro atoms. The van der Waals surface area contributed by atoms with Crippen LogP contribution in [0.5, 0.6) is 0 Å². The number of hydrogen-bond donors (Lipinski definition) is 1. The molecule has 5 nitrogen and oxygen atoms in total. The Labute approximate surface area is 193 Å². The standard InChI is InChI=1S/C27H29FO5/c28-24-23(19-30-16-20-10-4-1-5-11-20)33-27(29)26(32-18-22-14-8-3-9-15-22)25(24)31-17-21-12-6-2-7-13-21/h1-15,23-27,29H,16-19H2/t23?,24-,25?,26?,27-/m1/s1. The first-order valence-corrected chi connectivity index (χ1v) is 11.1. The van der Waals surface area contributed by atoms with Gasteiger partial charge >= 0.3 is 0 Å². The van der Waals surface area contributed by atoms with Gasteiger partial charge in [0.05, 0.1) is 26.4 Å². The largest absolute Gasteiger partial charge is 0.374 e. The van der Waals surface area contributed by atoms with Crippen LogP contribution in [0.25, 0.3) is 0 Å². The van der Waals surface area contributed by atoms with Crippen molar-refractivity contribution < 1.29 is 28.4 Å². The molecule has 1 aliphatic heterocycles. The normalized spacial score (nSPS) is 25.1. The zero-order valence-corrected chi connectivity index (χ0v) is 18.3. The molecule has 1 N–H and O–H groups in total. The van der Waals surface area contributed by atoms with Gasteiger partial charge in [0.1, 0.15) is 18.3 Å². The van der Waals surface area contributed by atoms with E-state index in [4.69, 9.17) is 18.9 Å². The topological polar surface area (TPSA) is 57.2 Å². The van der Waals surface area contributed by atoms with Crippen LogP contribution < -0.4 is 0 Å². The van der Waals surface area contributed by atoms with E-state index in [0.717, 1.165) is 16.7 Å². The molecule has 3 aromatic carbocycles. The van der Waals surface area contributed by atoms with E-state index in [-0.39, 0.29) is 19.8 Å². The summed E-state index contributed by atoms with van der Waals surface area (Å²) in [5, 5.41) is 10.7. The lowest BCUT2D eigenvalue weighted by Gasteiger charge is -2.41. The van der Waals surface area contributed by atoms with E-state index in [1.165, 1.54) is 0 Å². The maximum atomic E-state index is 15.6. The van der Waals surface area contributed by atoms with Crippen LogP contribution in [-0.4, -0.2) is 42.5 Å². The number of ether oxygens (including phenoxy) is 4. The third-order valence-corrected chi connectivity index (χ3v) is 5.55. The zero-order chi connectivity index (χ0) is 22.9. The van der Waals surface area contributed by atoms with Gasteiger partial charge in [-0.1, -0.05) is 91.0 Å². The molecule has 0 saturated carbocycles. The molecule has 0 bridgehead atoms. The van der Waals surface area contributed by atoms with E-state index < -0.39 is 30.8 Å². The van der Waals surface area contributed by atoms with E-state index in [9.17, 15) is 5.11 Å². The summed E-state index contributed by atoms with van der Waals surface area (Å²) < 4.78 is 38.7. The molecule has 1 heterocycles. The molecule has 33 heavy (non-hydrogen) atoms. The first kappa shape index (κ1) is 23.5. The highest BCUT2D eigenvalue weighted by atomic mass is 19.1. The number of alkyl halides is 1. The van der Waals surface area contributed by atoms with Gasteiger partial charge in [0, 0.05) is 0 Å². The van der Waals surface area contributed by atoms with Gasteiger partial charge in [-0.05, 0) is 16.7 Å². The van der Waals surface area contributed by atoms with Crippen LogP contribution in [0, 0.1) is 0 Å². The van der Waals surface area contributed by atoms with Crippen molar-refractivity contribution >= 4 is 0 Å². The Bertz CT molecular complexity index is 941. The number of benzene rings is 3. The highest BCUT2D eigenvalue weighted by Gasteiger charge is 2.47. The second kappa shape index (κ2) is 12.0. The third kappa shape index (κ3) is 6.69. The SMILES string of the molecule is O[C@@H]1OC(COCc2ccccc2)[C@@H](F)C(OCc2ccccc2)C1OCc1ccccc1. The summed E-state index contributed by atoms with van der Waals surface area (Å²) in [5.74, 6) is 0. The fourth-order valence-electron chi connectivity index (χ4n) is 3.78. The van der Waals surface area contributed by atoms with Crippen molar-refractivity contribution in [1.29, 1.82) is 0 Å². The van der Waals surface area contributed by atoms with Gasteiger partial charge in [-0.3, -0.25) is 0 Å². The number of rotatable bonds is 10. The number of aliphatic hydroxyl groups excluding tert-OH is 1. The molecular weight excluding hydrogens is 423 g/mol. The molecule has 1 fully saturated rings. The minimum Gasteiger partial charge on any atom is -0.374 e. The second-order valence-corrected chi connectivity index (χ2v) is 8.03. The van der Waals surface area contributed by atoms with Crippen LogP contribution >= 0.6 is 0 Å². The van der Waals surface area contributed by atoms with Gasteiger partial charge in [-0.25, -0.2) is 4.39 Å². The molecule has 3 aromatic rings. The van der Waals surface area contributed by atoms with Crippen molar-refractivity contribution in [2.75, 3.05) is 6.61 Å². The van der Waals surface area contributed by atoms with Crippen LogP contribution in [-0.2, 0) is 38.8 Å². The van der Waals surface area contributed by atoms with E-state index in [1.54, 1.807) is 0 Å². The average Bonchev–Trinajstić information content (AvgIpc) is 2.86. The summed E-state index contributed by atoms with van der Waals surface area (Å²) in [5.41, 5.74) is 2.80. The molecule has 174 valence electrons. The molecule has 1 aliphatic rings. The first-order valence-electron chi connectivity index (χ1n) is 11.1. The minimum atomic E-state index is -1.53. The highest BCUT2D eigenvalue weighted by molar-refractivity contribution is 5.15. The summed E-state index contributed by atoms with van der Waals surface area (Å²) in [6, 6.07) is 28.6. The summed E-state index contributed by atoms with van der Waals surface area (Å²) in [4.78, 5) is 0. The Morgan fingerprint density at radius 2 is 1.12 bits per heavy atom. The van der Waals surface area contributed by atoms with E-state index in [2.05, 4.69) is 0 Å². The Morgan fingerprint density at radius 1 is 0.667 bits per heavy atom. The fourth-order valence-corrected chi connectivity index (χ4v) is 3.78. The highest BCUT2D eigenvalue weighted by Crippen LogP contribution is 2.29. The summed E-state index contributed by atoms with van der Waals surface area (Å²) >= 11 is 0. The van der Waals surface area contributed by atoms with E-state index in [0.29, 0.717) is 6.61 Å². The fraction of sp³-hybridized carbons (Fsp3) is 0.333. The Kier molecular flexibility index (Phi) is 8.58. The average molecular weight is 453 g/mol. The monoisotopic (exact) mass is 452 g/mol. The number of halogens is 1. The second-order valence-electron chi connectivity index (χ2n) is 8.03. The summed E-state index contributed by atoms with van der Waals surface area (Å²) in [6.07, 6.45) is -5.83.